The van der Waals surface area contributed by atoms with Gasteiger partial charge in [0.2, 0.25) is 5.91 Å². The van der Waals surface area contributed by atoms with Crippen LogP contribution in [-0.2, 0) is 4.79 Å². The van der Waals surface area contributed by atoms with E-state index in [4.69, 9.17) is 9.84 Å². The molecule has 0 bridgehead atoms. The number of carbonyl (C=O) groups is 1. The second-order valence-corrected chi connectivity index (χ2v) is 4.64. The standard InChI is InChI=1S/C14H19NO4/c16-7-2-1-3-12(17)10-4-5-13-11(9-10)15-14(18)6-8-19-13/h4-5,9,12,16-17H,1-3,6-8H2,(H,15,18). The number of unbranched alkanes of at least 4 members (excludes halogenated alkanes) is 1. The lowest BCUT2D eigenvalue weighted by Gasteiger charge is -2.14. The van der Waals surface area contributed by atoms with Crippen LogP contribution in [-0.4, -0.2) is 29.3 Å². The van der Waals surface area contributed by atoms with E-state index in [1.807, 2.05) is 0 Å². The lowest BCUT2D eigenvalue weighted by molar-refractivity contribution is -0.116. The van der Waals surface area contributed by atoms with Crippen molar-refractivity contribution in [1.82, 2.24) is 0 Å². The third-order valence-corrected chi connectivity index (χ3v) is 3.13. The van der Waals surface area contributed by atoms with Crippen molar-refractivity contribution in [3.63, 3.8) is 0 Å². The van der Waals surface area contributed by atoms with Crippen LogP contribution in [0.15, 0.2) is 18.2 Å². The summed E-state index contributed by atoms with van der Waals surface area (Å²) >= 11 is 0. The summed E-state index contributed by atoms with van der Waals surface area (Å²) in [5, 5.41) is 21.5. The highest BCUT2D eigenvalue weighted by molar-refractivity contribution is 5.93. The molecule has 1 aromatic carbocycles. The Morgan fingerprint density at radius 1 is 1.37 bits per heavy atom. The topological polar surface area (TPSA) is 78.8 Å². The molecule has 0 saturated heterocycles. The van der Waals surface area contributed by atoms with Gasteiger partial charge in [0.15, 0.2) is 0 Å². The van der Waals surface area contributed by atoms with E-state index in [-0.39, 0.29) is 12.5 Å². The zero-order valence-corrected chi connectivity index (χ0v) is 10.8. The molecule has 0 radical (unpaired) electrons. The lowest BCUT2D eigenvalue weighted by Crippen LogP contribution is -2.10. The van der Waals surface area contributed by atoms with Crippen LogP contribution in [0.2, 0.25) is 0 Å². The maximum Gasteiger partial charge on any atom is 0.227 e. The lowest BCUT2D eigenvalue weighted by atomic mass is 10.0. The molecule has 5 heteroatoms. The van der Waals surface area contributed by atoms with E-state index in [1.165, 1.54) is 0 Å². The van der Waals surface area contributed by atoms with E-state index in [9.17, 15) is 9.90 Å². The first-order chi connectivity index (χ1) is 9.20. The maximum atomic E-state index is 11.5. The minimum atomic E-state index is -0.586. The van der Waals surface area contributed by atoms with E-state index in [2.05, 4.69) is 5.32 Å². The monoisotopic (exact) mass is 265 g/mol. The molecular weight excluding hydrogens is 246 g/mol. The Morgan fingerprint density at radius 2 is 2.21 bits per heavy atom. The van der Waals surface area contributed by atoms with Gasteiger partial charge in [-0.3, -0.25) is 4.79 Å². The van der Waals surface area contributed by atoms with Crippen LogP contribution >= 0.6 is 0 Å². The molecule has 0 aliphatic carbocycles. The molecule has 1 atom stereocenters. The summed E-state index contributed by atoms with van der Waals surface area (Å²) in [6, 6.07) is 5.33. The van der Waals surface area contributed by atoms with Gasteiger partial charge in [0.05, 0.1) is 24.8 Å². The number of benzene rings is 1. The van der Waals surface area contributed by atoms with Crippen LogP contribution in [0.4, 0.5) is 5.69 Å². The van der Waals surface area contributed by atoms with E-state index in [0.717, 1.165) is 12.0 Å². The highest BCUT2D eigenvalue weighted by Crippen LogP contribution is 2.31. The number of amides is 1. The molecule has 1 heterocycles. The van der Waals surface area contributed by atoms with Gasteiger partial charge in [0.1, 0.15) is 5.75 Å². The fraction of sp³-hybridized carbons (Fsp3) is 0.500. The summed E-state index contributed by atoms with van der Waals surface area (Å²) in [4.78, 5) is 11.5. The zero-order valence-electron chi connectivity index (χ0n) is 10.8. The summed E-state index contributed by atoms with van der Waals surface area (Å²) in [6.07, 6.45) is 1.79. The molecule has 1 aliphatic rings. The van der Waals surface area contributed by atoms with Crippen molar-refractivity contribution in [2.45, 2.75) is 31.8 Å². The van der Waals surface area contributed by atoms with Gasteiger partial charge in [0, 0.05) is 6.61 Å². The molecule has 19 heavy (non-hydrogen) atoms. The van der Waals surface area contributed by atoms with E-state index >= 15 is 0 Å². The van der Waals surface area contributed by atoms with E-state index in [1.54, 1.807) is 18.2 Å². The smallest absolute Gasteiger partial charge is 0.227 e. The van der Waals surface area contributed by atoms with Gasteiger partial charge in [-0.2, -0.15) is 0 Å². The molecule has 1 aliphatic heterocycles. The first-order valence-electron chi connectivity index (χ1n) is 6.56. The van der Waals surface area contributed by atoms with Gasteiger partial charge >= 0.3 is 0 Å². The molecule has 1 unspecified atom stereocenters. The number of nitrogens with one attached hydrogen (secondary N) is 1. The quantitative estimate of drug-likeness (QED) is 0.707. The van der Waals surface area contributed by atoms with E-state index in [0.29, 0.717) is 37.3 Å². The molecule has 0 fully saturated rings. The van der Waals surface area contributed by atoms with Crippen molar-refractivity contribution < 1.29 is 19.7 Å². The molecule has 5 nitrogen and oxygen atoms in total. The zero-order chi connectivity index (χ0) is 13.7. The number of hydrogen-bond acceptors (Lipinski definition) is 4. The van der Waals surface area contributed by atoms with E-state index < -0.39 is 6.10 Å². The van der Waals surface area contributed by atoms with Crippen LogP contribution in [0.3, 0.4) is 0 Å². The van der Waals surface area contributed by atoms with Crippen molar-refractivity contribution in [3.8, 4) is 5.75 Å². The Balaban J connectivity index is 2.08. The summed E-state index contributed by atoms with van der Waals surface area (Å²) < 4.78 is 5.45. The number of rotatable bonds is 5. The van der Waals surface area contributed by atoms with Gasteiger partial charge in [-0.15, -0.1) is 0 Å². The number of anilines is 1. The van der Waals surface area contributed by atoms with Crippen LogP contribution in [0, 0.1) is 0 Å². The second-order valence-electron chi connectivity index (χ2n) is 4.64. The first kappa shape index (κ1) is 13.8. The molecule has 104 valence electrons. The molecule has 0 spiro atoms. The molecule has 1 amide bonds. The number of aliphatic hydroxyl groups excluding tert-OH is 2. The van der Waals surface area contributed by atoms with Crippen molar-refractivity contribution in [2.75, 3.05) is 18.5 Å². The Bertz CT molecular complexity index is 447. The molecule has 2 rings (SSSR count). The SMILES string of the molecule is O=C1CCOc2ccc(C(O)CCCCO)cc2N1. The molecular formula is C14H19NO4. The van der Waals surface area contributed by atoms with Crippen LogP contribution in [0.5, 0.6) is 5.75 Å². The fourth-order valence-corrected chi connectivity index (χ4v) is 2.06. The van der Waals surface area contributed by atoms with Crippen molar-refractivity contribution in [2.24, 2.45) is 0 Å². The number of hydrogen-bond donors (Lipinski definition) is 3. The highest BCUT2D eigenvalue weighted by atomic mass is 16.5. The molecule has 3 N–H and O–H groups in total. The molecule has 0 saturated carbocycles. The number of carbonyl (C=O) groups excluding carboxylic acids is 1. The van der Waals surface area contributed by atoms with Crippen LogP contribution in [0.25, 0.3) is 0 Å². The third kappa shape index (κ3) is 3.68. The van der Waals surface area contributed by atoms with Crippen molar-refractivity contribution in [1.29, 1.82) is 0 Å². The summed E-state index contributed by atoms with van der Waals surface area (Å²) in [6.45, 7) is 0.512. The molecule has 0 aromatic heterocycles. The normalized spacial score (nSPS) is 16.0. The van der Waals surface area contributed by atoms with Crippen LogP contribution < -0.4 is 10.1 Å². The van der Waals surface area contributed by atoms with Gasteiger partial charge in [-0.1, -0.05) is 6.07 Å². The average molecular weight is 265 g/mol. The Hall–Kier alpha value is -1.59. The first-order valence-corrected chi connectivity index (χ1v) is 6.56. The fourth-order valence-electron chi connectivity index (χ4n) is 2.06. The predicted octanol–water partition coefficient (Wildman–Crippen LogP) is 1.60. The van der Waals surface area contributed by atoms with Crippen molar-refractivity contribution in [3.05, 3.63) is 23.8 Å². The third-order valence-electron chi connectivity index (χ3n) is 3.13. The number of ether oxygens (including phenoxy) is 1. The maximum absolute atomic E-state index is 11.5. The summed E-state index contributed by atoms with van der Waals surface area (Å²) in [7, 11) is 0. The van der Waals surface area contributed by atoms with Gasteiger partial charge in [0.25, 0.3) is 0 Å². The van der Waals surface area contributed by atoms with Gasteiger partial charge < -0.3 is 20.3 Å². The largest absolute Gasteiger partial charge is 0.491 e. The van der Waals surface area contributed by atoms with Crippen molar-refractivity contribution >= 4 is 11.6 Å². The Labute approximate surface area is 112 Å². The average Bonchev–Trinajstić information content (AvgIpc) is 2.58. The Morgan fingerprint density at radius 3 is 3.00 bits per heavy atom. The summed E-state index contributed by atoms with van der Waals surface area (Å²) in [5.74, 6) is 0.558. The van der Waals surface area contributed by atoms with Crippen LogP contribution in [0.1, 0.15) is 37.4 Å². The Kier molecular flexibility index (Phi) is 4.76. The molecule has 1 aromatic rings. The minimum Gasteiger partial charge on any atom is -0.491 e. The second kappa shape index (κ2) is 6.54. The summed E-state index contributed by atoms with van der Waals surface area (Å²) in [5.41, 5.74) is 1.36. The van der Waals surface area contributed by atoms with Gasteiger partial charge in [-0.25, -0.2) is 0 Å². The highest BCUT2D eigenvalue weighted by Gasteiger charge is 2.16. The van der Waals surface area contributed by atoms with Gasteiger partial charge in [-0.05, 0) is 37.0 Å². The number of aliphatic hydroxyl groups is 2. The minimum absolute atomic E-state index is 0.0781. The number of fused-ring (bicyclic) bond motifs is 1. The predicted molar refractivity (Wildman–Crippen MR) is 71.1 cm³/mol.